The molecule has 2 N–H and O–H groups in total. The summed E-state index contributed by atoms with van der Waals surface area (Å²) in [5, 5.41) is 0. The van der Waals surface area contributed by atoms with Gasteiger partial charge in [0.15, 0.2) is 0 Å². The molecule has 0 aromatic heterocycles. The Bertz CT molecular complexity index is 307. The number of ether oxygens (including phenoxy) is 1. The third-order valence-corrected chi connectivity index (χ3v) is 4.65. The first-order valence-electron chi connectivity index (χ1n) is 7.01. The van der Waals surface area contributed by atoms with E-state index in [9.17, 15) is 4.79 Å². The number of nitrogens with two attached hydrogens (primary N) is 1. The smallest absolute Gasteiger partial charge is 0.229 e. The fraction of sp³-hybridized carbons (Fsp3) is 0.929. The van der Waals surface area contributed by atoms with E-state index in [4.69, 9.17) is 10.5 Å². The van der Waals surface area contributed by atoms with E-state index in [2.05, 4.69) is 13.8 Å². The monoisotopic (exact) mass is 254 g/mol. The second kappa shape index (κ2) is 5.17. The first-order chi connectivity index (χ1) is 8.41. The first-order valence-corrected chi connectivity index (χ1v) is 7.01. The van der Waals surface area contributed by atoms with Gasteiger partial charge in [-0.3, -0.25) is 4.79 Å². The van der Waals surface area contributed by atoms with E-state index < -0.39 is 0 Å². The van der Waals surface area contributed by atoms with E-state index in [0.717, 1.165) is 12.8 Å². The quantitative estimate of drug-likeness (QED) is 0.810. The van der Waals surface area contributed by atoms with Crippen LogP contribution >= 0.6 is 0 Å². The van der Waals surface area contributed by atoms with Gasteiger partial charge in [0.25, 0.3) is 0 Å². The van der Waals surface area contributed by atoms with E-state index in [1.54, 1.807) is 0 Å². The Hall–Kier alpha value is -0.610. The Labute approximate surface area is 110 Å². The molecule has 1 amide bonds. The van der Waals surface area contributed by atoms with Gasteiger partial charge >= 0.3 is 0 Å². The molecule has 4 nitrogen and oxygen atoms in total. The second-order valence-electron chi connectivity index (χ2n) is 6.65. The number of amides is 1. The minimum atomic E-state index is -0.134. The molecule has 1 saturated carbocycles. The molecule has 104 valence electrons. The SMILES string of the molecule is CN(C(=O)C1COCC1N)C1CCC(C)(C)CC1. The largest absolute Gasteiger partial charge is 0.379 e. The van der Waals surface area contributed by atoms with Crippen molar-refractivity contribution in [1.29, 1.82) is 0 Å². The fourth-order valence-corrected chi connectivity index (χ4v) is 3.04. The van der Waals surface area contributed by atoms with Crippen LogP contribution in [0.3, 0.4) is 0 Å². The van der Waals surface area contributed by atoms with Crippen LogP contribution in [0.2, 0.25) is 0 Å². The van der Waals surface area contributed by atoms with Crippen molar-refractivity contribution in [2.24, 2.45) is 17.1 Å². The van der Waals surface area contributed by atoms with E-state index in [-0.39, 0.29) is 17.9 Å². The molecule has 2 atom stereocenters. The lowest BCUT2D eigenvalue weighted by Crippen LogP contribution is -2.47. The van der Waals surface area contributed by atoms with Gasteiger partial charge in [0.1, 0.15) is 0 Å². The van der Waals surface area contributed by atoms with E-state index in [1.165, 1.54) is 12.8 Å². The van der Waals surface area contributed by atoms with Crippen LogP contribution in [0, 0.1) is 11.3 Å². The van der Waals surface area contributed by atoms with Crippen molar-refractivity contribution in [2.45, 2.75) is 51.6 Å². The molecular weight excluding hydrogens is 228 g/mol. The topological polar surface area (TPSA) is 55.6 Å². The van der Waals surface area contributed by atoms with E-state index in [1.807, 2.05) is 11.9 Å². The zero-order valence-electron chi connectivity index (χ0n) is 11.8. The molecule has 18 heavy (non-hydrogen) atoms. The third-order valence-electron chi connectivity index (χ3n) is 4.65. The van der Waals surface area contributed by atoms with Gasteiger partial charge in [-0.05, 0) is 31.1 Å². The van der Waals surface area contributed by atoms with Crippen LogP contribution in [0.5, 0.6) is 0 Å². The summed E-state index contributed by atoms with van der Waals surface area (Å²) in [6.07, 6.45) is 4.61. The number of hydrogen-bond donors (Lipinski definition) is 1. The summed E-state index contributed by atoms with van der Waals surface area (Å²) in [6, 6.07) is 0.262. The van der Waals surface area contributed by atoms with E-state index >= 15 is 0 Å². The molecule has 4 heteroatoms. The maximum Gasteiger partial charge on any atom is 0.229 e. The molecule has 1 aliphatic heterocycles. The Kier molecular flexibility index (Phi) is 3.97. The highest BCUT2D eigenvalue weighted by Crippen LogP contribution is 2.37. The number of carbonyl (C=O) groups excluding carboxylic acids is 1. The van der Waals surface area contributed by atoms with Gasteiger partial charge < -0.3 is 15.4 Å². The zero-order valence-corrected chi connectivity index (χ0v) is 11.8. The molecule has 1 saturated heterocycles. The maximum absolute atomic E-state index is 12.4. The van der Waals surface area contributed by atoms with E-state index in [0.29, 0.717) is 24.7 Å². The van der Waals surface area contributed by atoms with Crippen LogP contribution in [-0.4, -0.2) is 43.2 Å². The van der Waals surface area contributed by atoms with Crippen molar-refractivity contribution in [3.63, 3.8) is 0 Å². The summed E-state index contributed by atoms with van der Waals surface area (Å²) < 4.78 is 5.29. The number of rotatable bonds is 2. The maximum atomic E-state index is 12.4. The molecular formula is C14H26N2O2. The summed E-state index contributed by atoms with van der Waals surface area (Å²) in [5.74, 6) is 0.0367. The lowest BCUT2D eigenvalue weighted by molar-refractivity contribution is -0.137. The molecule has 0 bridgehead atoms. The van der Waals surface area contributed by atoms with Gasteiger partial charge in [0, 0.05) is 19.1 Å². The van der Waals surface area contributed by atoms with Crippen LogP contribution < -0.4 is 5.73 Å². The van der Waals surface area contributed by atoms with Crippen LogP contribution in [0.25, 0.3) is 0 Å². The van der Waals surface area contributed by atoms with Crippen LogP contribution in [0.15, 0.2) is 0 Å². The molecule has 1 heterocycles. The third kappa shape index (κ3) is 2.86. The summed E-state index contributed by atoms with van der Waals surface area (Å²) in [6.45, 7) is 5.63. The predicted octanol–water partition coefficient (Wildman–Crippen LogP) is 1.39. The molecule has 2 unspecified atom stereocenters. The van der Waals surface area contributed by atoms with Gasteiger partial charge in [-0.25, -0.2) is 0 Å². The van der Waals surface area contributed by atoms with Gasteiger partial charge in [-0.2, -0.15) is 0 Å². The van der Waals surface area contributed by atoms with Crippen molar-refractivity contribution < 1.29 is 9.53 Å². The van der Waals surface area contributed by atoms with Crippen molar-refractivity contribution in [1.82, 2.24) is 4.90 Å². The number of carbonyl (C=O) groups is 1. The van der Waals surface area contributed by atoms with Crippen LogP contribution in [0.1, 0.15) is 39.5 Å². The Morgan fingerprint density at radius 2 is 1.89 bits per heavy atom. The molecule has 2 fully saturated rings. The summed E-state index contributed by atoms with van der Waals surface area (Å²) in [7, 11) is 1.93. The van der Waals surface area contributed by atoms with Crippen molar-refractivity contribution in [2.75, 3.05) is 20.3 Å². The lowest BCUT2D eigenvalue weighted by atomic mass is 9.75. The molecule has 0 radical (unpaired) electrons. The fourth-order valence-electron chi connectivity index (χ4n) is 3.04. The highest BCUT2D eigenvalue weighted by Gasteiger charge is 2.37. The standard InChI is InChI=1S/C14H26N2O2/c1-14(2)6-4-10(5-7-14)16(3)13(17)11-8-18-9-12(11)15/h10-12H,4-9,15H2,1-3H3. The summed E-state index contributed by atoms with van der Waals surface area (Å²) >= 11 is 0. The highest BCUT2D eigenvalue weighted by atomic mass is 16.5. The van der Waals surface area contributed by atoms with Crippen molar-refractivity contribution in [3.05, 3.63) is 0 Å². The Balaban J connectivity index is 1.91. The molecule has 0 spiro atoms. The number of nitrogens with zero attached hydrogens (tertiary/aromatic N) is 1. The molecule has 0 aromatic carbocycles. The van der Waals surface area contributed by atoms with Gasteiger partial charge in [-0.1, -0.05) is 13.8 Å². The normalized spacial score (nSPS) is 32.4. The predicted molar refractivity (Wildman–Crippen MR) is 71.1 cm³/mol. The lowest BCUT2D eigenvalue weighted by Gasteiger charge is -2.39. The average Bonchev–Trinajstić information content (AvgIpc) is 2.73. The van der Waals surface area contributed by atoms with Crippen LogP contribution in [-0.2, 0) is 9.53 Å². The molecule has 0 aromatic rings. The summed E-state index contributed by atoms with van der Waals surface area (Å²) in [4.78, 5) is 14.3. The van der Waals surface area contributed by atoms with Crippen molar-refractivity contribution in [3.8, 4) is 0 Å². The number of hydrogen-bond acceptors (Lipinski definition) is 3. The molecule has 2 aliphatic rings. The van der Waals surface area contributed by atoms with Gasteiger partial charge in [0.05, 0.1) is 19.1 Å². The van der Waals surface area contributed by atoms with Crippen molar-refractivity contribution >= 4 is 5.91 Å². The molecule has 2 rings (SSSR count). The minimum absolute atomic E-state index is 0.125. The first kappa shape index (κ1) is 13.8. The van der Waals surface area contributed by atoms with Gasteiger partial charge in [0.2, 0.25) is 5.91 Å². The Morgan fingerprint density at radius 3 is 2.39 bits per heavy atom. The second-order valence-corrected chi connectivity index (χ2v) is 6.65. The van der Waals surface area contributed by atoms with Gasteiger partial charge in [-0.15, -0.1) is 0 Å². The molecule has 1 aliphatic carbocycles. The zero-order chi connectivity index (χ0) is 13.3. The highest BCUT2D eigenvalue weighted by molar-refractivity contribution is 5.80. The average molecular weight is 254 g/mol. The van der Waals surface area contributed by atoms with Crippen LogP contribution in [0.4, 0.5) is 0 Å². The Morgan fingerprint density at radius 1 is 1.28 bits per heavy atom. The minimum Gasteiger partial charge on any atom is -0.379 e. The summed E-state index contributed by atoms with van der Waals surface area (Å²) in [5.41, 5.74) is 6.36.